The third kappa shape index (κ3) is 0.903. The van der Waals surface area contributed by atoms with Gasteiger partial charge in [0.15, 0.2) is 5.82 Å². The van der Waals surface area contributed by atoms with E-state index < -0.39 is 16.6 Å². The lowest BCUT2D eigenvalue weighted by Gasteiger charge is -1.86. The minimum absolute atomic E-state index is 0.323. The van der Waals surface area contributed by atoms with E-state index in [0.29, 0.717) is 5.82 Å². The smallest absolute Gasteiger partial charge is 0.385 e. The first-order valence-corrected chi connectivity index (χ1v) is 2.51. The summed E-state index contributed by atoms with van der Waals surface area (Å²) in [6, 6.07) is 0. The maximum absolute atomic E-state index is 10.0. The van der Waals surface area contributed by atoms with E-state index in [0.717, 1.165) is 0 Å². The molecule has 6 nitrogen and oxygen atoms in total. The summed E-state index contributed by atoms with van der Waals surface area (Å²) < 4.78 is 0. The van der Waals surface area contributed by atoms with Gasteiger partial charge in [0.25, 0.3) is 0 Å². The van der Waals surface area contributed by atoms with Crippen molar-refractivity contribution in [3.05, 3.63) is 15.9 Å². The normalized spacial score (nSPS) is 9.70. The lowest BCUT2D eigenvalue weighted by Crippen LogP contribution is -1.87. The van der Waals surface area contributed by atoms with Gasteiger partial charge in [0.1, 0.15) is 0 Å². The third-order valence-corrected chi connectivity index (χ3v) is 0.967. The minimum Gasteiger partial charge on any atom is -0.487 e. The first kappa shape index (κ1) is 6.53. The highest BCUT2D eigenvalue weighted by Gasteiger charge is 2.15. The maximum Gasteiger partial charge on any atom is 0.385 e. The molecule has 0 aliphatic rings. The van der Waals surface area contributed by atoms with Crippen LogP contribution in [0.5, 0.6) is 5.88 Å². The van der Waals surface area contributed by atoms with E-state index in [9.17, 15) is 10.1 Å². The molecule has 54 valence electrons. The standard InChI is InChI=1S/C4H5N3O3/c1-2-5-3(7(9)10)4(8)6-2/h8H,1H3,(H,5,6). The van der Waals surface area contributed by atoms with Gasteiger partial charge < -0.3 is 15.2 Å². The average Bonchev–Trinajstić information content (AvgIpc) is 2.10. The largest absolute Gasteiger partial charge is 0.487 e. The van der Waals surface area contributed by atoms with Crippen LogP contribution in [0.3, 0.4) is 0 Å². The van der Waals surface area contributed by atoms with Crippen molar-refractivity contribution in [2.75, 3.05) is 0 Å². The third-order valence-electron chi connectivity index (χ3n) is 0.967. The summed E-state index contributed by atoms with van der Waals surface area (Å²) in [7, 11) is 0. The number of aryl methyl sites for hydroxylation is 1. The van der Waals surface area contributed by atoms with Gasteiger partial charge in [-0.05, 0) is 4.92 Å². The number of aromatic hydroxyl groups is 1. The Morgan fingerprint density at radius 1 is 1.80 bits per heavy atom. The molecule has 2 N–H and O–H groups in total. The zero-order valence-electron chi connectivity index (χ0n) is 5.16. The highest BCUT2D eigenvalue weighted by molar-refractivity contribution is 5.32. The second-order valence-corrected chi connectivity index (χ2v) is 1.75. The summed E-state index contributed by atoms with van der Waals surface area (Å²) in [5.41, 5.74) is 0. The van der Waals surface area contributed by atoms with Crippen LogP contribution in [-0.4, -0.2) is 20.0 Å². The summed E-state index contributed by atoms with van der Waals surface area (Å²) in [5, 5.41) is 18.7. The van der Waals surface area contributed by atoms with Crippen LogP contribution >= 0.6 is 0 Å². The van der Waals surface area contributed by atoms with Crippen LogP contribution in [0.2, 0.25) is 0 Å². The second-order valence-electron chi connectivity index (χ2n) is 1.75. The summed E-state index contributed by atoms with van der Waals surface area (Å²) in [6.45, 7) is 1.52. The highest BCUT2D eigenvalue weighted by atomic mass is 16.6. The van der Waals surface area contributed by atoms with Gasteiger partial charge in [0.05, 0.1) is 0 Å². The Morgan fingerprint density at radius 2 is 2.40 bits per heavy atom. The first-order valence-electron chi connectivity index (χ1n) is 2.51. The van der Waals surface area contributed by atoms with Gasteiger partial charge >= 0.3 is 11.7 Å². The van der Waals surface area contributed by atoms with Crippen molar-refractivity contribution in [2.24, 2.45) is 0 Å². The van der Waals surface area contributed by atoms with Crippen molar-refractivity contribution in [3.8, 4) is 5.88 Å². The minimum atomic E-state index is -0.727. The van der Waals surface area contributed by atoms with E-state index in [2.05, 4.69) is 9.97 Å². The number of nitrogens with zero attached hydrogens (tertiary/aromatic N) is 2. The van der Waals surface area contributed by atoms with Crippen LogP contribution in [0.1, 0.15) is 5.82 Å². The summed E-state index contributed by atoms with van der Waals surface area (Å²) in [6.07, 6.45) is 0. The lowest BCUT2D eigenvalue weighted by molar-refractivity contribution is -0.390. The molecule has 1 aromatic heterocycles. The Kier molecular flexibility index (Phi) is 1.29. The number of aromatic nitrogens is 2. The van der Waals surface area contributed by atoms with Crippen LogP contribution in [0.15, 0.2) is 0 Å². The van der Waals surface area contributed by atoms with E-state index in [4.69, 9.17) is 5.11 Å². The first-order chi connectivity index (χ1) is 4.61. The fourth-order valence-electron chi connectivity index (χ4n) is 0.594. The predicted octanol–water partition coefficient (Wildman–Crippen LogP) is 0.332. The van der Waals surface area contributed by atoms with Gasteiger partial charge in [-0.3, -0.25) is 0 Å². The van der Waals surface area contributed by atoms with E-state index in [1.807, 2.05) is 0 Å². The molecule has 0 atom stereocenters. The van der Waals surface area contributed by atoms with Crippen molar-refractivity contribution in [1.29, 1.82) is 0 Å². The van der Waals surface area contributed by atoms with Crippen LogP contribution < -0.4 is 0 Å². The Morgan fingerprint density at radius 3 is 2.60 bits per heavy atom. The van der Waals surface area contributed by atoms with Crippen molar-refractivity contribution in [3.63, 3.8) is 0 Å². The zero-order chi connectivity index (χ0) is 7.72. The molecule has 0 fully saturated rings. The van der Waals surface area contributed by atoms with E-state index in [1.54, 1.807) is 0 Å². The molecule has 0 saturated heterocycles. The van der Waals surface area contributed by atoms with E-state index in [1.165, 1.54) is 6.92 Å². The molecule has 1 rings (SSSR count). The number of H-pyrrole nitrogens is 1. The number of rotatable bonds is 1. The molecule has 0 unspecified atom stereocenters. The average molecular weight is 143 g/mol. The Hall–Kier alpha value is -1.59. The van der Waals surface area contributed by atoms with Gasteiger partial charge in [-0.15, -0.1) is 0 Å². The molecule has 0 saturated carbocycles. The SMILES string of the molecule is Cc1nc(O)c([N+](=O)[O-])[nH]1. The molecule has 0 radical (unpaired) electrons. The monoisotopic (exact) mass is 143 g/mol. The van der Waals surface area contributed by atoms with Crippen molar-refractivity contribution in [1.82, 2.24) is 9.97 Å². The molecular formula is C4H5N3O3. The molecule has 0 aromatic carbocycles. The van der Waals surface area contributed by atoms with Crippen LogP contribution in [0.25, 0.3) is 0 Å². The summed E-state index contributed by atoms with van der Waals surface area (Å²) in [5.74, 6) is -0.704. The molecular weight excluding hydrogens is 138 g/mol. The van der Waals surface area contributed by atoms with Crippen LogP contribution in [0, 0.1) is 17.0 Å². The Balaban J connectivity index is 3.15. The topological polar surface area (TPSA) is 92.1 Å². The molecule has 0 spiro atoms. The molecule has 0 aliphatic carbocycles. The van der Waals surface area contributed by atoms with Crippen molar-refractivity contribution in [2.45, 2.75) is 6.92 Å². The van der Waals surface area contributed by atoms with Gasteiger partial charge in [-0.2, -0.15) is 4.98 Å². The van der Waals surface area contributed by atoms with Crippen LogP contribution in [-0.2, 0) is 0 Å². The van der Waals surface area contributed by atoms with Crippen molar-refractivity contribution < 1.29 is 10.0 Å². The van der Waals surface area contributed by atoms with E-state index >= 15 is 0 Å². The van der Waals surface area contributed by atoms with Gasteiger partial charge in [0, 0.05) is 6.92 Å². The Bertz CT molecular complexity index is 267. The molecule has 0 bridgehead atoms. The summed E-state index contributed by atoms with van der Waals surface area (Å²) >= 11 is 0. The van der Waals surface area contributed by atoms with E-state index in [-0.39, 0.29) is 0 Å². The molecule has 10 heavy (non-hydrogen) atoms. The van der Waals surface area contributed by atoms with Gasteiger partial charge in [-0.25, -0.2) is 4.98 Å². The van der Waals surface area contributed by atoms with Gasteiger partial charge in [-0.1, -0.05) is 0 Å². The quantitative estimate of drug-likeness (QED) is 0.437. The highest BCUT2D eigenvalue weighted by Crippen LogP contribution is 2.20. The number of hydrogen-bond acceptors (Lipinski definition) is 4. The molecule has 0 aliphatic heterocycles. The molecule has 1 heterocycles. The molecule has 1 aromatic rings. The number of imidazole rings is 1. The fraction of sp³-hybridized carbons (Fsp3) is 0.250. The number of nitro groups is 1. The predicted molar refractivity (Wildman–Crippen MR) is 31.6 cm³/mol. The summed E-state index contributed by atoms with van der Waals surface area (Å²) in [4.78, 5) is 15.0. The molecule has 6 heteroatoms. The zero-order valence-corrected chi connectivity index (χ0v) is 5.16. The molecule has 0 amide bonds. The van der Waals surface area contributed by atoms with Gasteiger partial charge in [0.2, 0.25) is 0 Å². The van der Waals surface area contributed by atoms with Crippen molar-refractivity contribution >= 4 is 5.82 Å². The second kappa shape index (κ2) is 1.98. The number of nitrogens with one attached hydrogen (secondary N) is 1. The number of hydrogen-bond donors (Lipinski definition) is 2. The number of aromatic amines is 1. The maximum atomic E-state index is 10.0. The van der Waals surface area contributed by atoms with Crippen LogP contribution in [0.4, 0.5) is 5.82 Å². The Labute approximate surface area is 55.7 Å². The lowest BCUT2D eigenvalue weighted by atomic mass is 10.7. The fourth-order valence-corrected chi connectivity index (χ4v) is 0.594.